The normalized spacial score (nSPS) is 10.7. The van der Waals surface area contributed by atoms with Gasteiger partial charge in [0.2, 0.25) is 0 Å². The van der Waals surface area contributed by atoms with Crippen molar-refractivity contribution >= 4 is 17.2 Å². The summed E-state index contributed by atoms with van der Waals surface area (Å²) in [7, 11) is 1.42. The van der Waals surface area contributed by atoms with Gasteiger partial charge in [0, 0.05) is 7.05 Å². The number of hydrogen-bond acceptors (Lipinski definition) is 3. The number of hydrogen-bond donors (Lipinski definition) is 0. The third-order valence-corrected chi connectivity index (χ3v) is 2.57. The summed E-state index contributed by atoms with van der Waals surface area (Å²) in [5, 5.41) is 0.204. The number of halogens is 1. The minimum absolute atomic E-state index is 0.204. The molecule has 0 atom stereocenters. The summed E-state index contributed by atoms with van der Waals surface area (Å²) >= 11 is 0. The maximum atomic E-state index is 13.0. The van der Waals surface area contributed by atoms with Crippen molar-refractivity contribution in [2.45, 2.75) is 6.54 Å². The lowest BCUT2D eigenvalue weighted by Crippen LogP contribution is -2.39. The highest BCUT2D eigenvalue weighted by Crippen LogP contribution is 2.09. The van der Waals surface area contributed by atoms with Crippen molar-refractivity contribution in [1.29, 1.82) is 0 Å². The summed E-state index contributed by atoms with van der Waals surface area (Å²) in [6.07, 6.45) is 0.470. The standard InChI is InChI=1S/C11H9FN2O3/c1-13-9-6-7(12)2-3-8(9)10(16)14(4-5-15)11(13)17/h2-3,5-6H,4H2,1H3. The zero-order valence-corrected chi connectivity index (χ0v) is 9.01. The Labute approximate surface area is 94.7 Å². The molecule has 2 aromatic rings. The summed E-state index contributed by atoms with van der Waals surface area (Å²) < 4.78 is 15.0. The summed E-state index contributed by atoms with van der Waals surface area (Å²) in [6.45, 7) is -0.307. The number of aryl methyl sites for hydroxylation is 1. The van der Waals surface area contributed by atoms with Gasteiger partial charge in [0.1, 0.15) is 12.1 Å². The van der Waals surface area contributed by atoms with E-state index >= 15 is 0 Å². The lowest BCUT2D eigenvalue weighted by Gasteiger charge is -2.08. The topological polar surface area (TPSA) is 61.1 Å². The molecule has 0 fully saturated rings. The largest absolute Gasteiger partial charge is 0.331 e. The minimum atomic E-state index is -0.639. The highest BCUT2D eigenvalue weighted by molar-refractivity contribution is 5.78. The molecule has 1 aromatic heterocycles. The fourth-order valence-corrected chi connectivity index (χ4v) is 1.72. The van der Waals surface area contributed by atoms with Crippen LogP contribution in [0.25, 0.3) is 10.9 Å². The fourth-order valence-electron chi connectivity index (χ4n) is 1.72. The van der Waals surface area contributed by atoms with E-state index in [1.54, 1.807) is 0 Å². The van der Waals surface area contributed by atoms with Gasteiger partial charge < -0.3 is 4.79 Å². The number of aromatic nitrogens is 2. The molecule has 0 unspecified atom stereocenters. The van der Waals surface area contributed by atoms with Crippen LogP contribution >= 0.6 is 0 Å². The average molecular weight is 236 g/mol. The van der Waals surface area contributed by atoms with Gasteiger partial charge in [0.15, 0.2) is 0 Å². The van der Waals surface area contributed by atoms with E-state index in [9.17, 15) is 18.8 Å². The molecule has 6 heteroatoms. The molecule has 0 spiro atoms. The van der Waals surface area contributed by atoms with Crippen molar-refractivity contribution in [3.8, 4) is 0 Å². The van der Waals surface area contributed by atoms with E-state index < -0.39 is 17.1 Å². The van der Waals surface area contributed by atoms with Crippen molar-refractivity contribution in [3.63, 3.8) is 0 Å². The Bertz CT molecular complexity index is 715. The van der Waals surface area contributed by atoms with E-state index in [1.165, 1.54) is 13.1 Å². The lowest BCUT2D eigenvalue weighted by atomic mass is 10.2. The number of benzene rings is 1. The highest BCUT2D eigenvalue weighted by atomic mass is 19.1. The Hall–Kier alpha value is -2.24. The van der Waals surface area contributed by atoms with E-state index in [1.807, 2.05) is 0 Å². The summed E-state index contributed by atoms with van der Waals surface area (Å²) in [5.41, 5.74) is -1.02. The third kappa shape index (κ3) is 1.67. The summed E-state index contributed by atoms with van der Waals surface area (Å²) in [6, 6.07) is 3.55. The van der Waals surface area contributed by atoms with Gasteiger partial charge in [-0.2, -0.15) is 0 Å². The van der Waals surface area contributed by atoms with Crippen LogP contribution in [0.4, 0.5) is 4.39 Å². The zero-order chi connectivity index (χ0) is 12.6. The predicted octanol–water partition coefficient (Wildman–Crippen LogP) is 0.0382. The first-order chi connectivity index (χ1) is 8.06. The van der Waals surface area contributed by atoms with Crippen molar-refractivity contribution in [1.82, 2.24) is 9.13 Å². The number of carbonyl (C=O) groups excluding carboxylic acids is 1. The van der Waals surface area contributed by atoms with Gasteiger partial charge in [-0.25, -0.2) is 9.18 Å². The Morgan fingerprint density at radius 3 is 2.71 bits per heavy atom. The highest BCUT2D eigenvalue weighted by Gasteiger charge is 2.10. The van der Waals surface area contributed by atoms with Gasteiger partial charge in [-0.15, -0.1) is 0 Å². The second-order valence-electron chi connectivity index (χ2n) is 3.59. The fraction of sp³-hybridized carbons (Fsp3) is 0.182. The van der Waals surface area contributed by atoms with E-state index in [4.69, 9.17) is 0 Å². The molecule has 0 amide bonds. The quantitative estimate of drug-likeness (QED) is 0.691. The van der Waals surface area contributed by atoms with Crippen LogP contribution in [0.1, 0.15) is 0 Å². The Morgan fingerprint density at radius 2 is 2.06 bits per heavy atom. The van der Waals surface area contributed by atoms with Gasteiger partial charge in [0.05, 0.1) is 17.4 Å². The zero-order valence-electron chi connectivity index (χ0n) is 9.01. The molecular formula is C11H9FN2O3. The monoisotopic (exact) mass is 236 g/mol. The molecule has 0 aliphatic heterocycles. The van der Waals surface area contributed by atoms with Crippen LogP contribution in [0.5, 0.6) is 0 Å². The van der Waals surface area contributed by atoms with Gasteiger partial charge in [-0.3, -0.25) is 13.9 Å². The number of carbonyl (C=O) groups is 1. The van der Waals surface area contributed by atoms with Gasteiger partial charge in [0.25, 0.3) is 5.56 Å². The van der Waals surface area contributed by atoms with Crippen molar-refractivity contribution < 1.29 is 9.18 Å². The van der Waals surface area contributed by atoms with Gasteiger partial charge in [-0.1, -0.05) is 0 Å². The second kappa shape index (κ2) is 3.97. The van der Waals surface area contributed by atoms with E-state index in [0.29, 0.717) is 6.29 Å². The second-order valence-corrected chi connectivity index (χ2v) is 3.59. The van der Waals surface area contributed by atoms with Crippen molar-refractivity contribution in [2.75, 3.05) is 0 Å². The molecule has 0 saturated heterocycles. The molecule has 0 aliphatic rings. The molecule has 0 aliphatic carbocycles. The molecule has 0 saturated carbocycles. The molecule has 5 nitrogen and oxygen atoms in total. The van der Waals surface area contributed by atoms with Crippen LogP contribution in [-0.2, 0) is 18.4 Å². The van der Waals surface area contributed by atoms with Crippen LogP contribution in [0.3, 0.4) is 0 Å². The van der Waals surface area contributed by atoms with Crippen LogP contribution in [-0.4, -0.2) is 15.4 Å². The average Bonchev–Trinajstić information content (AvgIpc) is 2.32. The van der Waals surface area contributed by atoms with Gasteiger partial charge in [-0.05, 0) is 18.2 Å². The van der Waals surface area contributed by atoms with Crippen molar-refractivity contribution in [2.24, 2.45) is 7.05 Å². The summed E-state index contributed by atoms with van der Waals surface area (Å²) in [4.78, 5) is 34.0. The molecule has 88 valence electrons. The molecular weight excluding hydrogens is 227 g/mol. The number of nitrogens with zero attached hydrogens (tertiary/aromatic N) is 2. The lowest BCUT2D eigenvalue weighted by molar-refractivity contribution is -0.108. The maximum absolute atomic E-state index is 13.0. The summed E-state index contributed by atoms with van der Waals surface area (Å²) in [5.74, 6) is -0.528. The van der Waals surface area contributed by atoms with Crippen LogP contribution in [0.2, 0.25) is 0 Å². The molecule has 0 N–H and O–H groups in total. The molecule has 2 rings (SSSR count). The molecule has 17 heavy (non-hydrogen) atoms. The molecule has 1 aromatic carbocycles. The van der Waals surface area contributed by atoms with E-state index in [0.717, 1.165) is 21.3 Å². The van der Waals surface area contributed by atoms with E-state index in [-0.39, 0.29) is 17.4 Å². The smallest absolute Gasteiger partial charge is 0.301 e. The number of rotatable bonds is 2. The Morgan fingerprint density at radius 1 is 1.35 bits per heavy atom. The molecule has 0 radical (unpaired) electrons. The van der Waals surface area contributed by atoms with Gasteiger partial charge >= 0.3 is 5.69 Å². The van der Waals surface area contributed by atoms with Crippen LogP contribution < -0.4 is 11.2 Å². The first kappa shape index (κ1) is 11.3. The Kier molecular flexibility index (Phi) is 2.63. The predicted molar refractivity (Wildman–Crippen MR) is 59.5 cm³/mol. The number of fused-ring (bicyclic) bond motifs is 1. The third-order valence-electron chi connectivity index (χ3n) is 2.57. The first-order valence-corrected chi connectivity index (χ1v) is 4.89. The van der Waals surface area contributed by atoms with E-state index in [2.05, 4.69) is 0 Å². The Balaban J connectivity index is 3.00. The maximum Gasteiger partial charge on any atom is 0.331 e. The first-order valence-electron chi connectivity index (χ1n) is 4.89. The number of aldehydes is 1. The van der Waals surface area contributed by atoms with Crippen molar-refractivity contribution in [3.05, 3.63) is 44.9 Å². The molecule has 1 heterocycles. The van der Waals surface area contributed by atoms with Crippen LogP contribution in [0, 0.1) is 5.82 Å². The SMILES string of the molecule is Cn1c(=O)n(CC=O)c(=O)c2ccc(F)cc21. The molecule has 0 bridgehead atoms. The minimum Gasteiger partial charge on any atom is -0.301 e. The van der Waals surface area contributed by atoms with Crippen LogP contribution in [0.15, 0.2) is 27.8 Å².